The summed E-state index contributed by atoms with van der Waals surface area (Å²) in [6.07, 6.45) is 2.96. The number of fused-ring (bicyclic) bond motifs is 3. The Labute approximate surface area is 181 Å². The lowest BCUT2D eigenvalue weighted by molar-refractivity contribution is -0.134. The van der Waals surface area contributed by atoms with Gasteiger partial charge in [0.25, 0.3) is 0 Å². The zero-order valence-electron chi connectivity index (χ0n) is 17.1. The molecule has 2 bridgehead atoms. The second-order valence-corrected chi connectivity index (χ2v) is 10.2. The molecule has 164 valence electrons. The molecule has 0 spiro atoms. The van der Waals surface area contributed by atoms with E-state index in [-0.39, 0.29) is 41.2 Å². The first kappa shape index (κ1) is 20.1. The zero-order chi connectivity index (χ0) is 21.9. The van der Waals surface area contributed by atoms with Gasteiger partial charge in [-0.3, -0.25) is 19.1 Å². The van der Waals surface area contributed by atoms with Crippen molar-refractivity contribution in [2.45, 2.75) is 37.8 Å². The topological polar surface area (TPSA) is 119 Å². The molecule has 3 aliphatic heterocycles. The van der Waals surface area contributed by atoms with Crippen molar-refractivity contribution in [3.05, 3.63) is 47.5 Å². The highest BCUT2D eigenvalue weighted by Gasteiger charge is 2.50. The summed E-state index contributed by atoms with van der Waals surface area (Å²) in [5.74, 6) is -0.492. The minimum atomic E-state index is -3.55. The number of nitrogens with one attached hydrogen (secondary N) is 2. The summed E-state index contributed by atoms with van der Waals surface area (Å²) in [5.41, 5.74) is 2.77. The van der Waals surface area contributed by atoms with Crippen LogP contribution in [-0.2, 0) is 27.8 Å². The predicted octanol–water partition coefficient (Wildman–Crippen LogP) is 2.24. The largest absolute Gasteiger partial charge is 0.504 e. The SMILES string of the molecule is CN1C2CCC1C(Cc1ccc3c(c1)NS(=O)(=O)N3)C(=O)C2Cc1ccc(O)c(O)c1. The third kappa shape index (κ3) is 3.51. The van der Waals surface area contributed by atoms with Gasteiger partial charge in [-0.05, 0) is 68.1 Å². The molecular formula is C22H25N3O5S. The number of Topliss-reactive ketones (excluding diaryl/α,β-unsaturated/α-hetero) is 1. The Hall–Kier alpha value is -2.78. The Morgan fingerprint density at radius 1 is 0.903 bits per heavy atom. The van der Waals surface area contributed by atoms with Gasteiger partial charge < -0.3 is 10.2 Å². The van der Waals surface area contributed by atoms with Crippen LogP contribution in [0.1, 0.15) is 24.0 Å². The summed E-state index contributed by atoms with van der Waals surface area (Å²) in [4.78, 5) is 15.9. The highest BCUT2D eigenvalue weighted by Crippen LogP contribution is 2.43. The normalized spacial score (nSPS) is 28.7. The van der Waals surface area contributed by atoms with E-state index in [4.69, 9.17) is 0 Å². The van der Waals surface area contributed by atoms with Crippen LogP contribution in [0.25, 0.3) is 0 Å². The summed E-state index contributed by atoms with van der Waals surface area (Å²) in [6.45, 7) is 0. The number of aromatic hydroxyl groups is 2. The van der Waals surface area contributed by atoms with E-state index in [1.807, 2.05) is 6.07 Å². The number of nitrogens with zero attached hydrogens (tertiary/aromatic N) is 1. The molecule has 2 aromatic rings. The second-order valence-electron chi connectivity index (χ2n) is 8.81. The lowest BCUT2D eigenvalue weighted by Crippen LogP contribution is -2.53. The molecule has 9 heteroatoms. The van der Waals surface area contributed by atoms with E-state index in [1.165, 1.54) is 12.1 Å². The van der Waals surface area contributed by atoms with E-state index < -0.39 is 10.2 Å². The highest BCUT2D eigenvalue weighted by atomic mass is 32.2. The fourth-order valence-electron chi connectivity index (χ4n) is 5.50. The van der Waals surface area contributed by atoms with Gasteiger partial charge >= 0.3 is 10.2 Å². The van der Waals surface area contributed by atoms with E-state index >= 15 is 0 Å². The van der Waals surface area contributed by atoms with Crippen molar-refractivity contribution in [2.24, 2.45) is 11.8 Å². The van der Waals surface area contributed by atoms with E-state index in [1.54, 1.807) is 18.2 Å². The molecule has 3 heterocycles. The van der Waals surface area contributed by atoms with Crippen molar-refractivity contribution in [2.75, 3.05) is 16.5 Å². The lowest BCUT2D eigenvalue weighted by Gasteiger charge is -2.41. The number of anilines is 2. The molecule has 2 aromatic carbocycles. The molecule has 5 rings (SSSR count). The quantitative estimate of drug-likeness (QED) is 0.538. The van der Waals surface area contributed by atoms with Crippen LogP contribution >= 0.6 is 0 Å². The van der Waals surface area contributed by atoms with Gasteiger partial charge in [-0.2, -0.15) is 8.42 Å². The van der Waals surface area contributed by atoms with E-state index in [9.17, 15) is 23.4 Å². The first-order valence-corrected chi connectivity index (χ1v) is 11.9. The van der Waals surface area contributed by atoms with Gasteiger partial charge in [0, 0.05) is 23.9 Å². The number of rotatable bonds is 4. The first-order valence-electron chi connectivity index (χ1n) is 10.4. The molecule has 3 aliphatic rings. The van der Waals surface area contributed by atoms with Crippen molar-refractivity contribution in [3.63, 3.8) is 0 Å². The van der Waals surface area contributed by atoms with Gasteiger partial charge in [-0.1, -0.05) is 12.1 Å². The van der Waals surface area contributed by atoms with Crippen LogP contribution in [-0.4, -0.2) is 48.4 Å². The van der Waals surface area contributed by atoms with Gasteiger partial charge in [0.15, 0.2) is 11.5 Å². The monoisotopic (exact) mass is 443 g/mol. The lowest BCUT2D eigenvalue weighted by atomic mass is 9.76. The van der Waals surface area contributed by atoms with Crippen LogP contribution in [0.4, 0.5) is 11.4 Å². The molecule has 4 unspecified atom stereocenters. The van der Waals surface area contributed by atoms with E-state index in [0.29, 0.717) is 24.2 Å². The Morgan fingerprint density at radius 3 is 2.13 bits per heavy atom. The zero-order valence-corrected chi connectivity index (χ0v) is 17.9. The van der Waals surface area contributed by atoms with Gasteiger partial charge in [-0.25, -0.2) is 0 Å². The van der Waals surface area contributed by atoms with Crippen LogP contribution < -0.4 is 9.44 Å². The Balaban J connectivity index is 1.40. The van der Waals surface area contributed by atoms with Crippen molar-refractivity contribution < 1.29 is 23.4 Å². The van der Waals surface area contributed by atoms with Crippen molar-refractivity contribution in [3.8, 4) is 11.5 Å². The molecule has 0 aliphatic carbocycles. The molecule has 31 heavy (non-hydrogen) atoms. The van der Waals surface area contributed by atoms with E-state index in [0.717, 1.165) is 24.0 Å². The molecule has 0 radical (unpaired) electrons. The summed E-state index contributed by atoms with van der Waals surface area (Å²) in [7, 11) is -1.47. The summed E-state index contributed by atoms with van der Waals surface area (Å²) >= 11 is 0. The first-order chi connectivity index (χ1) is 14.7. The molecule has 0 aromatic heterocycles. The number of carbonyl (C=O) groups is 1. The van der Waals surface area contributed by atoms with Gasteiger partial charge in [0.05, 0.1) is 11.4 Å². The minimum Gasteiger partial charge on any atom is -0.504 e. The molecule has 2 fully saturated rings. The number of hydrogen-bond acceptors (Lipinski definition) is 6. The second kappa shape index (κ2) is 7.13. The Kier molecular flexibility index (Phi) is 4.63. The van der Waals surface area contributed by atoms with Crippen LogP contribution in [0.15, 0.2) is 36.4 Å². The van der Waals surface area contributed by atoms with Crippen molar-refractivity contribution >= 4 is 27.4 Å². The molecular weight excluding hydrogens is 418 g/mol. The Morgan fingerprint density at radius 2 is 1.48 bits per heavy atom. The maximum Gasteiger partial charge on any atom is 0.321 e. The van der Waals surface area contributed by atoms with Gasteiger partial charge in [-0.15, -0.1) is 0 Å². The molecule has 4 atom stereocenters. The van der Waals surface area contributed by atoms with Crippen LogP contribution in [0.5, 0.6) is 11.5 Å². The average Bonchev–Trinajstić information content (AvgIpc) is 3.19. The van der Waals surface area contributed by atoms with Crippen LogP contribution in [0.2, 0.25) is 0 Å². The standard InChI is InChI=1S/C22H25N3O5S/c1-25-18-5-6-19(25)15(9-13-3-7-20(26)21(27)11-13)22(28)14(18)8-12-2-4-16-17(10-12)24-31(29,30)23-16/h2-4,7,10-11,14-15,18-19,23-24,26-27H,5-6,8-9H2,1H3. The number of hydrogen-bond donors (Lipinski definition) is 4. The summed E-state index contributed by atoms with van der Waals surface area (Å²) in [5, 5.41) is 19.4. The molecule has 2 saturated heterocycles. The molecule has 8 nitrogen and oxygen atoms in total. The smallest absolute Gasteiger partial charge is 0.321 e. The van der Waals surface area contributed by atoms with Crippen molar-refractivity contribution in [1.29, 1.82) is 0 Å². The number of phenolic OH excluding ortho intramolecular Hbond substituents is 2. The average molecular weight is 444 g/mol. The summed E-state index contributed by atoms with van der Waals surface area (Å²) in [6, 6.07) is 10.5. The van der Waals surface area contributed by atoms with Crippen LogP contribution in [0, 0.1) is 11.8 Å². The Bertz CT molecular complexity index is 1170. The maximum atomic E-state index is 13.6. The van der Waals surface area contributed by atoms with Crippen LogP contribution in [0.3, 0.4) is 0 Å². The molecule has 0 saturated carbocycles. The third-order valence-corrected chi connectivity index (χ3v) is 7.97. The van der Waals surface area contributed by atoms with Gasteiger partial charge in [0.2, 0.25) is 0 Å². The fourth-order valence-corrected chi connectivity index (χ4v) is 6.48. The number of carbonyl (C=O) groups excluding carboxylic acids is 1. The third-order valence-electron chi connectivity index (χ3n) is 6.99. The number of benzene rings is 2. The molecule has 4 N–H and O–H groups in total. The van der Waals surface area contributed by atoms with Gasteiger partial charge in [0.1, 0.15) is 5.78 Å². The van der Waals surface area contributed by atoms with Crippen molar-refractivity contribution in [1.82, 2.24) is 4.90 Å². The fraction of sp³-hybridized carbons (Fsp3) is 0.409. The predicted molar refractivity (Wildman–Crippen MR) is 116 cm³/mol. The highest BCUT2D eigenvalue weighted by molar-refractivity contribution is 7.94. The molecule has 0 amide bonds. The number of phenols is 2. The number of ketones is 1. The van der Waals surface area contributed by atoms with E-state index in [2.05, 4.69) is 21.4 Å². The minimum absolute atomic E-state index is 0.167. The maximum absolute atomic E-state index is 13.6. The number of piperidine rings is 1. The summed E-state index contributed by atoms with van der Waals surface area (Å²) < 4.78 is 28.4.